The lowest BCUT2D eigenvalue weighted by Crippen LogP contribution is -2.49. The average molecular weight is 272 g/mol. The maximum atomic E-state index is 11.7. The van der Waals surface area contributed by atoms with Crippen molar-refractivity contribution in [3.05, 3.63) is 0 Å². The lowest BCUT2D eigenvalue weighted by molar-refractivity contribution is -0.140. The van der Waals surface area contributed by atoms with Crippen molar-refractivity contribution in [2.45, 2.75) is 51.1 Å². The van der Waals surface area contributed by atoms with Gasteiger partial charge in [0.05, 0.1) is 0 Å². The fourth-order valence-electron chi connectivity index (χ4n) is 2.25. The number of hydrogen-bond acceptors (Lipinski definition) is 3. The van der Waals surface area contributed by atoms with Crippen LogP contribution in [0.1, 0.15) is 39.0 Å². The molecule has 108 valence electrons. The first kappa shape index (κ1) is 15.3. The van der Waals surface area contributed by atoms with Crippen molar-refractivity contribution < 1.29 is 24.6 Å². The molecule has 0 radical (unpaired) electrons. The molecular weight excluding hydrogens is 252 g/mol. The lowest BCUT2D eigenvalue weighted by atomic mass is 10.1. The minimum atomic E-state index is -1.23. The van der Waals surface area contributed by atoms with Crippen LogP contribution in [0.25, 0.3) is 0 Å². The molecule has 1 saturated carbocycles. The summed E-state index contributed by atoms with van der Waals surface area (Å²) in [7, 11) is 0. The number of hydrogen-bond donors (Lipinski definition) is 4. The van der Waals surface area contributed by atoms with E-state index >= 15 is 0 Å². The second-order valence-electron chi connectivity index (χ2n) is 4.96. The zero-order valence-electron chi connectivity index (χ0n) is 10.9. The van der Waals surface area contributed by atoms with E-state index in [9.17, 15) is 14.4 Å². The number of nitrogens with one attached hydrogen (secondary N) is 2. The normalized spacial score (nSPS) is 23.6. The summed E-state index contributed by atoms with van der Waals surface area (Å²) in [4.78, 5) is 33.0. The second-order valence-corrected chi connectivity index (χ2v) is 4.96. The van der Waals surface area contributed by atoms with Crippen LogP contribution < -0.4 is 10.6 Å². The van der Waals surface area contributed by atoms with Crippen LogP contribution in [-0.4, -0.2) is 40.3 Å². The van der Waals surface area contributed by atoms with E-state index in [0.717, 1.165) is 19.3 Å². The molecular formula is C12H20N2O5. The summed E-state index contributed by atoms with van der Waals surface area (Å²) in [6, 6.07) is -1.65. The van der Waals surface area contributed by atoms with Crippen LogP contribution in [0.3, 0.4) is 0 Å². The Kier molecular flexibility index (Phi) is 5.59. The third-order valence-corrected chi connectivity index (χ3v) is 3.43. The van der Waals surface area contributed by atoms with Gasteiger partial charge in [0.25, 0.3) is 0 Å². The Morgan fingerprint density at radius 1 is 1.26 bits per heavy atom. The van der Waals surface area contributed by atoms with Crippen molar-refractivity contribution in [1.82, 2.24) is 10.6 Å². The number of carboxylic acids is 2. The van der Waals surface area contributed by atoms with Gasteiger partial charge in [0.1, 0.15) is 6.04 Å². The van der Waals surface area contributed by atoms with Crippen molar-refractivity contribution in [2.24, 2.45) is 5.92 Å². The molecule has 3 unspecified atom stereocenters. The van der Waals surface area contributed by atoms with Gasteiger partial charge in [0, 0.05) is 12.5 Å². The molecule has 7 nitrogen and oxygen atoms in total. The van der Waals surface area contributed by atoms with Gasteiger partial charge in [0.15, 0.2) is 0 Å². The molecule has 1 aliphatic rings. The van der Waals surface area contributed by atoms with E-state index in [4.69, 9.17) is 10.2 Å². The van der Waals surface area contributed by atoms with Crippen LogP contribution in [-0.2, 0) is 9.59 Å². The highest BCUT2D eigenvalue weighted by Gasteiger charge is 2.27. The van der Waals surface area contributed by atoms with E-state index in [1.54, 1.807) is 0 Å². The minimum absolute atomic E-state index is 0.0638. The largest absolute Gasteiger partial charge is 0.481 e. The molecule has 7 heteroatoms. The van der Waals surface area contributed by atoms with Gasteiger partial charge in [0.2, 0.25) is 0 Å². The standard InChI is InChI=1S/C12H20N2O5/c1-7-3-2-4-8(7)13-12(19)14-9(11(17)18)5-6-10(15)16/h7-9H,2-6H2,1H3,(H,15,16)(H,17,18)(H2,13,14,19). The second kappa shape index (κ2) is 6.96. The van der Waals surface area contributed by atoms with E-state index in [-0.39, 0.29) is 18.9 Å². The molecule has 0 bridgehead atoms. The first-order valence-electron chi connectivity index (χ1n) is 6.41. The SMILES string of the molecule is CC1CCCC1NC(=O)NC(CCC(=O)O)C(=O)O. The summed E-state index contributed by atoms with van der Waals surface area (Å²) >= 11 is 0. The average Bonchev–Trinajstić information content (AvgIpc) is 2.69. The zero-order chi connectivity index (χ0) is 14.4. The van der Waals surface area contributed by atoms with Gasteiger partial charge in [-0.3, -0.25) is 4.79 Å². The number of aliphatic carboxylic acids is 2. The molecule has 3 atom stereocenters. The number of urea groups is 1. The van der Waals surface area contributed by atoms with Crippen molar-refractivity contribution in [3.8, 4) is 0 Å². The van der Waals surface area contributed by atoms with Crippen LogP contribution in [0.15, 0.2) is 0 Å². The molecule has 4 N–H and O–H groups in total. The Morgan fingerprint density at radius 3 is 2.42 bits per heavy atom. The number of carbonyl (C=O) groups is 3. The van der Waals surface area contributed by atoms with E-state index in [2.05, 4.69) is 10.6 Å². The van der Waals surface area contributed by atoms with Crippen LogP contribution in [0.2, 0.25) is 0 Å². The van der Waals surface area contributed by atoms with Crippen molar-refractivity contribution >= 4 is 18.0 Å². The molecule has 0 heterocycles. The number of rotatable bonds is 6. The summed E-state index contributed by atoms with van der Waals surface area (Å²) in [5.74, 6) is -1.93. The first-order chi connectivity index (χ1) is 8.90. The summed E-state index contributed by atoms with van der Waals surface area (Å²) in [6.07, 6.45) is 2.57. The third-order valence-electron chi connectivity index (χ3n) is 3.43. The Bertz CT molecular complexity index is 358. The summed E-state index contributed by atoms with van der Waals surface area (Å²) < 4.78 is 0. The maximum absolute atomic E-state index is 11.7. The van der Waals surface area contributed by atoms with Gasteiger partial charge in [-0.1, -0.05) is 13.3 Å². The Morgan fingerprint density at radius 2 is 1.95 bits per heavy atom. The van der Waals surface area contributed by atoms with Crippen LogP contribution in [0.4, 0.5) is 4.79 Å². The highest BCUT2D eigenvalue weighted by Crippen LogP contribution is 2.24. The van der Waals surface area contributed by atoms with E-state index in [0.29, 0.717) is 5.92 Å². The number of amides is 2. The predicted octanol–water partition coefficient (Wildman–Crippen LogP) is 0.792. The highest BCUT2D eigenvalue weighted by molar-refractivity contribution is 5.83. The Hall–Kier alpha value is -1.79. The fraction of sp³-hybridized carbons (Fsp3) is 0.750. The van der Waals surface area contributed by atoms with Crippen molar-refractivity contribution in [1.29, 1.82) is 0 Å². The molecule has 0 spiro atoms. The monoisotopic (exact) mass is 272 g/mol. The highest BCUT2D eigenvalue weighted by atomic mass is 16.4. The van der Waals surface area contributed by atoms with Gasteiger partial charge >= 0.3 is 18.0 Å². The van der Waals surface area contributed by atoms with E-state index < -0.39 is 24.0 Å². The molecule has 1 aliphatic carbocycles. The Balaban J connectivity index is 2.42. The predicted molar refractivity (Wildman–Crippen MR) is 66.8 cm³/mol. The van der Waals surface area contributed by atoms with Gasteiger partial charge in [-0.2, -0.15) is 0 Å². The minimum Gasteiger partial charge on any atom is -0.481 e. The summed E-state index contributed by atoms with van der Waals surface area (Å²) in [5.41, 5.74) is 0. The molecule has 1 rings (SSSR count). The van der Waals surface area contributed by atoms with E-state index in [1.165, 1.54) is 0 Å². The number of carbonyl (C=O) groups excluding carboxylic acids is 1. The van der Waals surface area contributed by atoms with E-state index in [1.807, 2.05) is 6.92 Å². The molecule has 2 amide bonds. The molecule has 0 aromatic carbocycles. The van der Waals surface area contributed by atoms with Gasteiger partial charge < -0.3 is 20.8 Å². The molecule has 1 fully saturated rings. The smallest absolute Gasteiger partial charge is 0.326 e. The Labute approximate surface area is 111 Å². The molecule has 0 saturated heterocycles. The number of carboxylic acid groups (broad SMARTS) is 2. The van der Waals surface area contributed by atoms with Crippen LogP contribution >= 0.6 is 0 Å². The van der Waals surface area contributed by atoms with Gasteiger partial charge in [-0.05, 0) is 25.2 Å². The fourth-order valence-corrected chi connectivity index (χ4v) is 2.25. The molecule has 19 heavy (non-hydrogen) atoms. The quantitative estimate of drug-likeness (QED) is 0.570. The lowest BCUT2D eigenvalue weighted by Gasteiger charge is -2.20. The topological polar surface area (TPSA) is 116 Å². The van der Waals surface area contributed by atoms with Gasteiger partial charge in [-0.25, -0.2) is 9.59 Å². The summed E-state index contributed by atoms with van der Waals surface area (Å²) in [5, 5.41) is 22.5. The first-order valence-corrected chi connectivity index (χ1v) is 6.41. The van der Waals surface area contributed by atoms with Crippen LogP contribution in [0, 0.1) is 5.92 Å². The molecule has 0 aliphatic heterocycles. The summed E-state index contributed by atoms with van der Waals surface area (Å²) in [6.45, 7) is 2.04. The van der Waals surface area contributed by atoms with Crippen molar-refractivity contribution in [3.63, 3.8) is 0 Å². The zero-order valence-corrected chi connectivity index (χ0v) is 10.9. The third kappa shape index (κ3) is 5.15. The maximum Gasteiger partial charge on any atom is 0.326 e. The van der Waals surface area contributed by atoms with Crippen LogP contribution in [0.5, 0.6) is 0 Å². The van der Waals surface area contributed by atoms with Crippen molar-refractivity contribution in [2.75, 3.05) is 0 Å². The molecule has 0 aromatic heterocycles. The molecule has 0 aromatic rings. The van der Waals surface area contributed by atoms with Gasteiger partial charge in [-0.15, -0.1) is 0 Å².